The van der Waals surface area contributed by atoms with Crippen molar-refractivity contribution in [1.82, 2.24) is 0 Å². The first-order valence-electron chi connectivity index (χ1n) is 4.66. The molecule has 18 heavy (non-hydrogen) atoms. The van der Waals surface area contributed by atoms with Crippen LogP contribution in [0.5, 0.6) is 0 Å². The molecule has 3 N–H and O–H groups in total. The molecule has 0 saturated heterocycles. The van der Waals surface area contributed by atoms with Crippen LogP contribution in [-0.4, -0.2) is 76.2 Å². The Hall–Kier alpha value is -0.300. The Morgan fingerprint density at radius 1 is 1.06 bits per heavy atom. The largest absolute Gasteiger partial charge is 0.394 e. The van der Waals surface area contributed by atoms with Gasteiger partial charge in [0.1, 0.15) is 18.3 Å². The van der Waals surface area contributed by atoms with E-state index in [2.05, 4.69) is 8.37 Å². The SMILES string of the molecule is CS(=O)(=O)OC[C@H](O)[C@H](O)[C@H](CO)OS(C)(=O)=O. The van der Waals surface area contributed by atoms with Crippen LogP contribution in [0.4, 0.5) is 0 Å². The van der Waals surface area contributed by atoms with Crippen LogP contribution in [-0.2, 0) is 28.6 Å². The Bertz CT molecular complexity index is 440. The molecule has 0 fully saturated rings. The molecule has 0 aliphatic carbocycles. The van der Waals surface area contributed by atoms with Crippen molar-refractivity contribution in [3.63, 3.8) is 0 Å². The highest BCUT2D eigenvalue weighted by Gasteiger charge is 2.30. The summed E-state index contributed by atoms with van der Waals surface area (Å²) in [4.78, 5) is 0. The van der Waals surface area contributed by atoms with Gasteiger partial charge < -0.3 is 15.3 Å². The van der Waals surface area contributed by atoms with Crippen molar-refractivity contribution in [2.45, 2.75) is 18.3 Å². The van der Waals surface area contributed by atoms with Crippen LogP contribution in [0, 0.1) is 0 Å². The first-order valence-corrected chi connectivity index (χ1v) is 8.29. The summed E-state index contributed by atoms with van der Waals surface area (Å²) in [6.07, 6.45) is -3.74. The van der Waals surface area contributed by atoms with E-state index in [1.165, 1.54) is 0 Å². The number of hydrogen-bond donors (Lipinski definition) is 3. The van der Waals surface area contributed by atoms with E-state index < -0.39 is 51.8 Å². The molecule has 0 rings (SSSR count). The van der Waals surface area contributed by atoms with Gasteiger partial charge in [-0.25, -0.2) is 0 Å². The zero-order chi connectivity index (χ0) is 14.6. The Labute approximate surface area is 105 Å². The zero-order valence-corrected chi connectivity index (χ0v) is 11.4. The van der Waals surface area contributed by atoms with Crippen molar-refractivity contribution < 1.29 is 40.5 Å². The van der Waals surface area contributed by atoms with Crippen LogP contribution >= 0.6 is 0 Å². The highest BCUT2D eigenvalue weighted by atomic mass is 32.2. The Balaban J connectivity index is 4.54. The predicted molar refractivity (Wildman–Crippen MR) is 59.6 cm³/mol. The molecule has 9 nitrogen and oxygen atoms in total. The molecule has 0 bridgehead atoms. The van der Waals surface area contributed by atoms with Crippen molar-refractivity contribution in [3.05, 3.63) is 0 Å². The lowest BCUT2D eigenvalue weighted by Gasteiger charge is -2.23. The topological polar surface area (TPSA) is 147 Å². The fourth-order valence-electron chi connectivity index (χ4n) is 0.960. The Morgan fingerprint density at radius 3 is 1.89 bits per heavy atom. The van der Waals surface area contributed by atoms with Crippen molar-refractivity contribution in [2.75, 3.05) is 25.7 Å². The molecule has 0 heterocycles. The third-order valence-electron chi connectivity index (χ3n) is 1.71. The molecule has 0 unspecified atom stereocenters. The molecule has 3 atom stereocenters. The molecular formula is C7H16O9S2. The van der Waals surface area contributed by atoms with Crippen molar-refractivity contribution in [1.29, 1.82) is 0 Å². The van der Waals surface area contributed by atoms with E-state index in [0.29, 0.717) is 6.26 Å². The second-order valence-electron chi connectivity index (χ2n) is 3.57. The molecule has 0 aromatic heterocycles. The van der Waals surface area contributed by atoms with Crippen LogP contribution in [0.25, 0.3) is 0 Å². The number of aliphatic hydroxyl groups is 3. The summed E-state index contributed by atoms with van der Waals surface area (Å²) in [6.45, 7) is -1.67. The second kappa shape index (κ2) is 6.75. The first-order chi connectivity index (χ1) is 7.96. The Morgan fingerprint density at radius 2 is 1.56 bits per heavy atom. The highest BCUT2D eigenvalue weighted by Crippen LogP contribution is 2.08. The van der Waals surface area contributed by atoms with Crippen LogP contribution in [0.2, 0.25) is 0 Å². The van der Waals surface area contributed by atoms with Gasteiger partial charge in [-0.15, -0.1) is 0 Å². The van der Waals surface area contributed by atoms with E-state index in [1.807, 2.05) is 0 Å². The van der Waals surface area contributed by atoms with E-state index in [1.54, 1.807) is 0 Å². The molecule has 110 valence electrons. The highest BCUT2D eigenvalue weighted by molar-refractivity contribution is 7.86. The average Bonchev–Trinajstić information content (AvgIpc) is 2.19. The molecule has 0 saturated carbocycles. The van der Waals surface area contributed by atoms with Crippen LogP contribution in [0.3, 0.4) is 0 Å². The van der Waals surface area contributed by atoms with Gasteiger partial charge in [0.2, 0.25) is 0 Å². The third-order valence-corrected chi connectivity index (χ3v) is 2.87. The molecule has 0 amide bonds. The molecule has 0 aliphatic rings. The predicted octanol–water partition coefficient (Wildman–Crippen LogP) is -2.98. The van der Waals surface area contributed by atoms with Gasteiger partial charge in [0.25, 0.3) is 20.2 Å². The van der Waals surface area contributed by atoms with Crippen molar-refractivity contribution >= 4 is 20.2 Å². The monoisotopic (exact) mass is 308 g/mol. The maximum Gasteiger partial charge on any atom is 0.264 e. The fraction of sp³-hybridized carbons (Fsp3) is 1.00. The van der Waals surface area contributed by atoms with Crippen LogP contribution in [0.15, 0.2) is 0 Å². The molecule has 0 aliphatic heterocycles. The summed E-state index contributed by atoms with van der Waals surface area (Å²) in [5, 5.41) is 27.6. The van der Waals surface area contributed by atoms with E-state index in [4.69, 9.17) is 5.11 Å². The number of aliphatic hydroxyl groups excluding tert-OH is 3. The standard InChI is InChI=1S/C7H16O9S2/c1-17(11,12)15-4-5(9)7(10)6(3-8)16-18(2,13)14/h5-10H,3-4H2,1-2H3/t5-,6-,7-/m0/s1. The maximum absolute atomic E-state index is 10.8. The zero-order valence-electron chi connectivity index (χ0n) is 9.75. The maximum atomic E-state index is 10.8. The third kappa shape index (κ3) is 7.92. The minimum absolute atomic E-state index is 0.696. The summed E-state index contributed by atoms with van der Waals surface area (Å²) in [5.41, 5.74) is 0. The fourth-order valence-corrected chi connectivity index (χ4v) is 1.97. The van der Waals surface area contributed by atoms with Gasteiger partial charge in [0.05, 0.1) is 25.7 Å². The lowest BCUT2D eigenvalue weighted by molar-refractivity contribution is -0.0749. The minimum Gasteiger partial charge on any atom is -0.394 e. The van der Waals surface area contributed by atoms with E-state index in [-0.39, 0.29) is 0 Å². The van der Waals surface area contributed by atoms with Gasteiger partial charge in [-0.1, -0.05) is 0 Å². The summed E-state index contributed by atoms with van der Waals surface area (Å²) >= 11 is 0. The summed E-state index contributed by atoms with van der Waals surface area (Å²) in [7, 11) is -7.76. The molecule has 11 heteroatoms. The van der Waals surface area contributed by atoms with E-state index in [0.717, 1.165) is 6.26 Å². The minimum atomic E-state index is -3.95. The molecular weight excluding hydrogens is 292 g/mol. The van der Waals surface area contributed by atoms with Gasteiger partial charge in [-0.05, 0) is 0 Å². The number of rotatable bonds is 8. The van der Waals surface area contributed by atoms with Gasteiger partial charge in [0, 0.05) is 0 Å². The van der Waals surface area contributed by atoms with Crippen molar-refractivity contribution in [3.8, 4) is 0 Å². The summed E-state index contributed by atoms with van der Waals surface area (Å²) in [6, 6.07) is 0. The second-order valence-corrected chi connectivity index (χ2v) is 6.81. The van der Waals surface area contributed by atoms with Crippen LogP contribution in [0.1, 0.15) is 0 Å². The average molecular weight is 308 g/mol. The normalized spacial score (nSPS) is 18.3. The van der Waals surface area contributed by atoms with Gasteiger partial charge in [-0.2, -0.15) is 16.8 Å². The molecule has 0 spiro atoms. The number of hydrogen-bond acceptors (Lipinski definition) is 9. The van der Waals surface area contributed by atoms with Gasteiger partial charge in [0.15, 0.2) is 0 Å². The smallest absolute Gasteiger partial charge is 0.264 e. The lowest BCUT2D eigenvalue weighted by atomic mass is 10.1. The summed E-state index contributed by atoms with van der Waals surface area (Å²) in [5.74, 6) is 0. The molecule has 0 aromatic carbocycles. The van der Waals surface area contributed by atoms with E-state index in [9.17, 15) is 27.0 Å². The quantitative estimate of drug-likeness (QED) is 0.399. The lowest BCUT2D eigenvalue weighted by Crippen LogP contribution is -2.44. The Kier molecular flexibility index (Phi) is 6.63. The van der Waals surface area contributed by atoms with Gasteiger partial charge >= 0.3 is 0 Å². The molecule has 0 aromatic rings. The summed E-state index contributed by atoms with van der Waals surface area (Å²) < 4.78 is 51.4. The van der Waals surface area contributed by atoms with Gasteiger partial charge in [-0.3, -0.25) is 8.37 Å². The first kappa shape index (κ1) is 17.7. The van der Waals surface area contributed by atoms with Crippen LogP contribution < -0.4 is 0 Å². The molecule has 0 radical (unpaired) electrons. The van der Waals surface area contributed by atoms with E-state index >= 15 is 0 Å². The van der Waals surface area contributed by atoms with Crippen molar-refractivity contribution in [2.24, 2.45) is 0 Å².